The van der Waals surface area contributed by atoms with Crippen LogP contribution < -0.4 is 0 Å². The molecule has 0 aliphatic rings. The molecule has 1 heterocycles. The summed E-state index contributed by atoms with van der Waals surface area (Å²) in [7, 11) is 0. The lowest BCUT2D eigenvalue weighted by molar-refractivity contribution is 1.37. The van der Waals surface area contributed by atoms with E-state index in [1.165, 1.54) is 21.4 Å². The Kier molecular flexibility index (Phi) is 2.96. The van der Waals surface area contributed by atoms with Crippen LogP contribution in [-0.2, 0) is 0 Å². The number of aromatic nitrogens is 1. The normalized spacial score (nSPS) is 11.1. The van der Waals surface area contributed by atoms with Gasteiger partial charge < -0.3 is 0 Å². The van der Waals surface area contributed by atoms with Crippen LogP contribution in [-0.4, -0.2) is 4.98 Å². The Bertz CT molecular complexity index is 730. The quantitative estimate of drug-likeness (QED) is 0.590. The van der Waals surface area contributed by atoms with Crippen molar-refractivity contribution in [2.24, 2.45) is 0 Å². The molecule has 2 aromatic carbocycles. The highest BCUT2D eigenvalue weighted by atomic mass is 79.9. The van der Waals surface area contributed by atoms with Crippen molar-refractivity contribution in [1.82, 2.24) is 4.98 Å². The predicted molar refractivity (Wildman–Crippen MR) is 82.2 cm³/mol. The van der Waals surface area contributed by atoms with E-state index in [0.29, 0.717) is 0 Å². The second kappa shape index (κ2) is 4.48. The third kappa shape index (κ3) is 2.08. The van der Waals surface area contributed by atoms with Crippen molar-refractivity contribution in [3.05, 3.63) is 52.0 Å². The van der Waals surface area contributed by atoms with E-state index in [-0.39, 0.29) is 0 Å². The molecule has 18 heavy (non-hydrogen) atoms. The summed E-state index contributed by atoms with van der Waals surface area (Å²) in [5.41, 5.74) is 4.86. The van der Waals surface area contributed by atoms with E-state index >= 15 is 0 Å². The smallest absolute Gasteiger partial charge is 0.124 e. The fourth-order valence-corrected chi connectivity index (χ4v) is 3.58. The molecule has 0 atom stereocenters. The molecule has 3 heteroatoms. The molecule has 0 saturated carbocycles. The molecule has 0 radical (unpaired) electrons. The van der Waals surface area contributed by atoms with Gasteiger partial charge in [-0.15, -0.1) is 11.3 Å². The number of thiazole rings is 1. The van der Waals surface area contributed by atoms with Gasteiger partial charge in [-0.3, -0.25) is 0 Å². The number of hydrogen-bond acceptors (Lipinski definition) is 2. The van der Waals surface area contributed by atoms with E-state index in [4.69, 9.17) is 4.98 Å². The maximum atomic E-state index is 4.72. The fraction of sp³-hybridized carbons (Fsp3) is 0.133. The summed E-state index contributed by atoms with van der Waals surface area (Å²) in [4.78, 5) is 4.72. The largest absolute Gasteiger partial charge is 0.236 e. The molecule has 3 aromatic rings. The molecule has 0 unspecified atom stereocenters. The number of benzene rings is 2. The number of fused-ring (bicyclic) bond motifs is 1. The summed E-state index contributed by atoms with van der Waals surface area (Å²) in [6.45, 7) is 4.25. The van der Waals surface area contributed by atoms with Gasteiger partial charge in [0.15, 0.2) is 0 Å². The van der Waals surface area contributed by atoms with Gasteiger partial charge in [0.05, 0.1) is 10.2 Å². The molecule has 0 amide bonds. The van der Waals surface area contributed by atoms with E-state index < -0.39 is 0 Å². The lowest BCUT2D eigenvalue weighted by atomic mass is 10.1. The summed E-state index contributed by atoms with van der Waals surface area (Å²) in [5, 5.41) is 1.10. The van der Waals surface area contributed by atoms with Gasteiger partial charge in [-0.25, -0.2) is 4.98 Å². The van der Waals surface area contributed by atoms with Crippen molar-refractivity contribution >= 4 is 37.5 Å². The van der Waals surface area contributed by atoms with Gasteiger partial charge in [0.2, 0.25) is 0 Å². The lowest BCUT2D eigenvalue weighted by Crippen LogP contribution is -1.83. The van der Waals surface area contributed by atoms with Crippen LogP contribution in [0, 0.1) is 13.8 Å². The highest BCUT2D eigenvalue weighted by molar-refractivity contribution is 9.10. The second-order valence-corrected chi connectivity index (χ2v) is 6.40. The minimum absolute atomic E-state index is 1.07. The first-order chi connectivity index (χ1) is 8.63. The highest BCUT2D eigenvalue weighted by Crippen LogP contribution is 2.33. The minimum atomic E-state index is 1.07. The van der Waals surface area contributed by atoms with Crippen molar-refractivity contribution < 1.29 is 0 Å². The van der Waals surface area contributed by atoms with Gasteiger partial charge in [0.25, 0.3) is 0 Å². The van der Waals surface area contributed by atoms with Crippen LogP contribution in [0.2, 0.25) is 0 Å². The maximum Gasteiger partial charge on any atom is 0.124 e. The molecule has 0 aliphatic carbocycles. The zero-order valence-corrected chi connectivity index (χ0v) is 12.6. The van der Waals surface area contributed by atoms with E-state index in [1.807, 2.05) is 6.07 Å². The Labute approximate surface area is 119 Å². The number of nitrogens with zero attached hydrogens (tertiary/aromatic N) is 1. The second-order valence-electron chi connectivity index (χ2n) is 4.45. The minimum Gasteiger partial charge on any atom is -0.236 e. The summed E-state index contributed by atoms with van der Waals surface area (Å²) in [6, 6.07) is 12.7. The Balaban J connectivity index is 2.22. The Morgan fingerprint density at radius 1 is 1.06 bits per heavy atom. The Morgan fingerprint density at radius 2 is 1.89 bits per heavy atom. The summed E-state index contributed by atoms with van der Waals surface area (Å²) >= 11 is 5.25. The van der Waals surface area contributed by atoms with Gasteiger partial charge >= 0.3 is 0 Å². The first-order valence-electron chi connectivity index (χ1n) is 5.77. The molecule has 0 N–H and O–H groups in total. The topological polar surface area (TPSA) is 12.9 Å². The van der Waals surface area contributed by atoms with E-state index in [1.54, 1.807) is 11.3 Å². The summed E-state index contributed by atoms with van der Waals surface area (Å²) < 4.78 is 2.33. The lowest BCUT2D eigenvalue weighted by Gasteiger charge is -2.02. The zero-order valence-electron chi connectivity index (χ0n) is 10.2. The van der Waals surface area contributed by atoms with Crippen LogP contribution in [0.25, 0.3) is 20.8 Å². The molecule has 0 bridgehead atoms. The average Bonchev–Trinajstić information content (AvgIpc) is 2.74. The zero-order chi connectivity index (χ0) is 12.7. The molecule has 0 fully saturated rings. The number of rotatable bonds is 1. The fourth-order valence-electron chi connectivity index (χ4n) is 1.98. The van der Waals surface area contributed by atoms with Crippen LogP contribution in [0.5, 0.6) is 0 Å². The van der Waals surface area contributed by atoms with Crippen molar-refractivity contribution in [3.8, 4) is 10.6 Å². The van der Waals surface area contributed by atoms with E-state index in [2.05, 4.69) is 60.1 Å². The van der Waals surface area contributed by atoms with Crippen molar-refractivity contribution in [3.63, 3.8) is 0 Å². The van der Waals surface area contributed by atoms with Gasteiger partial charge in [0, 0.05) is 10.0 Å². The standard InChI is InChI=1S/C15H12BrNS/c1-9-3-4-10(2)12(7-9)15-17-13-6-5-11(16)8-14(13)18-15/h3-8H,1-2H3. The molecular weight excluding hydrogens is 306 g/mol. The van der Waals surface area contributed by atoms with Gasteiger partial charge in [0.1, 0.15) is 5.01 Å². The summed E-state index contributed by atoms with van der Waals surface area (Å²) in [6.07, 6.45) is 0. The molecule has 3 rings (SSSR count). The van der Waals surface area contributed by atoms with Crippen molar-refractivity contribution in [2.45, 2.75) is 13.8 Å². The third-order valence-electron chi connectivity index (χ3n) is 2.97. The van der Waals surface area contributed by atoms with Crippen LogP contribution in [0.3, 0.4) is 0 Å². The van der Waals surface area contributed by atoms with Crippen LogP contribution in [0.4, 0.5) is 0 Å². The number of aryl methyl sites for hydroxylation is 2. The third-order valence-corrected chi connectivity index (χ3v) is 4.52. The van der Waals surface area contributed by atoms with Crippen LogP contribution >= 0.6 is 27.3 Å². The number of halogens is 1. The monoisotopic (exact) mass is 317 g/mol. The van der Waals surface area contributed by atoms with Gasteiger partial charge in [-0.2, -0.15) is 0 Å². The molecule has 90 valence electrons. The molecule has 1 nitrogen and oxygen atoms in total. The summed E-state index contributed by atoms with van der Waals surface area (Å²) in [5.74, 6) is 0. The first-order valence-corrected chi connectivity index (χ1v) is 7.38. The highest BCUT2D eigenvalue weighted by Gasteiger charge is 2.09. The predicted octanol–water partition coefficient (Wildman–Crippen LogP) is 5.34. The molecule has 0 spiro atoms. The molecule has 1 aromatic heterocycles. The van der Waals surface area contributed by atoms with Crippen LogP contribution in [0.15, 0.2) is 40.9 Å². The van der Waals surface area contributed by atoms with Crippen molar-refractivity contribution in [1.29, 1.82) is 0 Å². The van der Waals surface area contributed by atoms with Crippen LogP contribution in [0.1, 0.15) is 11.1 Å². The molecular formula is C15H12BrNS. The van der Waals surface area contributed by atoms with E-state index in [9.17, 15) is 0 Å². The van der Waals surface area contributed by atoms with Gasteiger partial charge in [-0.1, -0.05) is 33.6 Å². The Morgan fingerprint density at radius 3 is 2.72 bits per heavy atom. The maximum absolute atomic E-state index is 4.72. The first kappa shape index (κ1) is 11.9. The van der Waals surface area contributed by atoms with Gasteiger partial charge in [-0.05, 0) is 43.7 Å². The molecule has 0 saturated heterocycles. The Hall–Kier alpha value is -1.19. The average molecular weight is 318 g/mol. The van der Waals surface area contributed by atoms with E-state index in [0.717, 1.165) is 15.0 Å². The number of hydrogen-bond donors (Lipinski definition) is 0. The molecule has 0 aliphatic heterocycles. The van der Waals surface area contributed by atoms with Crippen molar-refractivity contribution in [2.75, 3.05) is 0 Å². The SMILES string of the molecule is Cc1ccc(C)c(-c2nc3ccc(Br)cc3s2)c1.